The van der Waals surface area contributed by atoms with Gasteiger partial charge in [0.25, 0.3) is 0 Å². The number of piperidine rings is 1. The fraction of sp³-hybridized carbons (Fsp3) is 0.227. The first-order valence-electron chi connectivity index (χ1n) is 9.43. The van der Waals surface area contributed by atoms with Gasteiger partial charge in [0.05, 0.1) is 17.5 Å². The van der Waals surface area contributed by atoms with Gasteiger partial charge in [0, 0.05) is 42.5 Å². The van der Waals surface area contributed by atoms with Gasteiger partial charge in [0.2, 0.25) is 5.95 Å². The first-order valence-corrected chi connectivity index (χ1v) is 9.43. The predicted octanol–water partition coefficient (Wildman–Crippen LogP) is 4.33. The summed E-state index contributed by atoms with van der Waals surface area (Å²) in [6.45, 7) is 1.91. The maximum atomic E-state index is 4.98. The molecule has 5 nitrogen and oxygen atoms in total. The lowest BCUT2D eigenvalue weighted by Gasteiger charge is -2.32. The monoisotopic (exact) mass is 355 g/mol. The van der Waals surface area contributed by atoms with Crippen LogP contribution in [0.25, 0.3) is 22.2 Å². The average Bonchev–Trinajstić information content (AvgIpc) is 3.29. The standard InChI is InChI=1S/C22H21N5/c1-2-6-17(7-3-1)21-19-8-4-5-9-20(19)24-22(25-21)26-13-10-18(11-14-26)27-15-12-23-16-27/h1-9,12,15-16,18H,10-11,13-14H2. The van der Waals surface area contributed by atoms with Crippen LogP contribution in [0.15, 0.2) is 73.3 Å². The Kier molecular flexibility index (Phi) is 4.05. The minimum atomic E-state index is 0.512. The zero-order valence-corrected chi connectivity index (χ0v) is 15.1. The summed E-state index contributed by atoms with van der Waals surface area (Å²) in [5, 5.41) is 1.10. The van der Waals surface area contributed by atoms with Crippen molar-refractivity contribution in [1.29, 1.82) is 0 Å². The third kappa shape index (κ3) is 3.05. The highest BCUT2D eigenvalue weighted by Crippen LogP contribution is 2.30. The van der Waals surface area contributed by atoms with E-state index in [0.29, 0.717) is 6.04 Å². The van der Waals surface area contributed by atoms with Crippen LogP contribution in [0.5, 0.6) is 0 Å². The molecule has 0 aliphatic carbocycles. The van der Waals surface area contributed by atoms with Gasteiger partial charge in [0.15, 0.2) is 0 Å². The molecule has 27 heavy (non-hydrogen) atoms. The van der Waals surface area contributed by atoms with Gasteiger partial charge in [0.1, 0.15) is 0 Å². The van der Waals surface area contributed by atoms with Crippen molar-refractivity contribution in [3.8, 4) is 11.3 Å². The van der Waals surface area contributed by atoms with E-state index in [1.807, 2.05) is 24.7 Å². The summed E-state index contributed by atoms with van der Waals surface area (Å²) >= 11 is 0. The Morgan fingerprint density at radius 3 is 2.41 bits per heavy atom. The van der Waals surface area contributed by atoms with Crippen LogP contribution in [-0.2, 0) is 0 Å². The largest absolute Gasteiger partial charge is 0.341 e. The van der Waals surface area contributed by atoms with Gasteiger partial charge in [-0.3, -0.25) is 0 Å². The maximum absolute atomic E-state index is 4.98. The molecule has 0 bridgehead atoms. The molecule has 3 heterocycles. The van der Waals surface area contributed by atoms with E-state index < -0.39 is 0 Å². The summed E-state index contributed by atoms with van der Waals surface area (Å²) in [5.74, 6) is 0.830. The molecule has 4 aromatic rings. The van der Waals surface area contributed by atoms with Crippen LogP contribution in [-0.4, -0.2) is 32.6 Å². The minimum absolute atomic E-state index is 0.512. The second-order valence-electron chi connectivity index (χ2n) is 6.98. The highest BCUT2D eigenvalue weighted by atomic mass is 15.3. The lowest BCUT2D eigenvalue weighted by atomic mass is 10.0. The minimum Gasteiger partial charge on any atom is -0.341 e. The number of rotatable bonds is 3. The molecule has 1 fully saturated rings. The number of para-hydroxylation sites is 1. The van der Waals surface area contributed by atoms with Crippen LogP contribution in [0.2, 0.25) is 0 Å². The lowest BCUT2D eigenvalue weighted by Crippen LogP contribution is -2.35. The average molecular weight is 355 g/mol. The van der Waals surface area contributed by atoms with Gasteiger partial charge in [-0.25, -0.2) is 15.0 Å². The molecule has 0 unspecified atom stereocenters. The Bertz CT molecular complexity index is 1030. The van der Waals surface area contributed by atoms with Crippen molar-refractivity contribution in [2.75, 3.05) is 18.0 Å². The van der Waals surface area contributed by atoms with Crippen LogP contribution in [0.4, 0.5) is 5.95 Å². The van der Waals surface area contributed by atoms with E-state index in [2.05, 4.69) is 63.1 Å². The van der Waals surface area contributed by atoms with Crippen LogP contribution in [0.1, 0.15) is 18.9 Å². The van der Waals surface area contributed by atoms with Crippen molar-refractivity contribution in [2.45, 2.75) is 18.9 Å². The van der Waals surface area contributed by atoms with Crippen molar-refractivity contribution in [3.05, 3.63) is 73.3 Å². The zero-order chi connectivity index (χ0) is 18.1. The fourth-order valence-corrected chi connectivity index (χ4v) is 3.87. The molecule has 1 saturated heterocycles. The van der Waals surface area contributed by atoms with Crippen LogP contribution in [0.3, 0.4) is 0 Å². The highest BCUT2D eigenvalue weighted by Gasteiger charge is 2.23. The predicted molar refractivity (Wildman–Crippen MR) is 108 cm³/mol. The SMILES string of the molecule is c1ccc(-c2nc(N3CCC(n4ccnc4)CC3)nc3ccccc23)cc1. The van der Waals surface area contributed by atoms with Gasteiger partial charge in [-0.05, 0) is 18.9 Å². The van der Waals surface area contributed by atoms with Gasteiger partial charge in [-0.1, -0.05) is 48.5 Å². The molecule has 0 saturated carbocycles. The molecule has 1 aliphatic rings. The number of benzene rings is 2. The summed E-state index contributed by atoms with van der Waals surface area (Å²) in [6, 6.07) is 19.2. The summed E-state index contributed by atoms with van der Waals surface area (Å²) in [5.41, 5.74) is 3.14. The van der Waals surface area contributed by atoms with Crippen molar-refractivity contribution in [3.63, 3.8) is 0 Å². The summed E-state index contributed by atoms with van der Waals surface area (Å²) in [6.07, 6.45) is 7.98. The molecular weight excluding hydrogens is 334 g/mol. The first-order chi connectivity index (χ1) is 13.4. The topological polar surface area (TPSA) is 46.8 Å². The number of anilines is 1. The Labute approximate surface area is 158 Å². The van der Waals surface area contributed by atoms with Gasteiger partial charge in [-0.15, -0.1) is 0 Å². The van der Waals surface area contributed by atoms with Gasteiger partial charge < -0.3 is 9.47 Å². The number of fused-ring (bicyclic) bond motifs is 1. The fourth-order valence-electron chi connectivity index (χ4n) is 3.87. The van der Waals surface area contributed by atoms with E-state index in [1.54, 1.807) is 0 Å². The number of nitrogens with zero attached hydrogens (tertiary/aromatic N) is 5. The molecule has 0 amide bonds. The second kappa shape index (κ2) is 6.83. The zero-order valence-electron chi connectivity index (χ0n) is 15.1. The Morgan fingerprint density at radius 2 is 1.63 bits per heavy atom. The third-order valence-electron chi connectivity index (χ3n) is 5.33. The molecule has 0 atom stereocenters. The van der Waals surface area contributed by atoms with E-state index in [1.165, 1.54) is 0 Å². The summed E-state index contributed by atoms with van der Waals surface area (Å²) in [4.78, 5) is 16.3. The van der Waals surface area contributed by atoms with Crippen LogP contribution < -0.4 is 4.90 Å². The molecule has 5 rings (SSSR count). The number of hydrogen-bond donors (Lipinski definition) is 0. The molecule has 0 spiro atoms. The Balaban J connectivity index is 1.49. The van der Waals surface area contributed by atoms with E-state index in [-0.39, 0.29) is 0 Å². The van der Waals surface area contributed by atoms with E-state index in [9.17, 15) is 0 Å². The van der Waals surface area contributed by atoms with E-state index >= 15 is 0 Å². The second-order valence-corrected chi connectivity index (χ2v) is 6.98. The van der Waals surface area contributed by atoms with Crippen molar-refractivity contribution in [2.24, 2.45) is 0 Å². The molecular formula is C22H21N5. The van der Waals surface area contributed by atoms with Crippen LogP contribution in [0, 0.1) is 0 Å². The normalized spacial score (nSPS) is 15.3. The van der Waals surface area contributed by atoms with Gasteiger partial charge in [-0.2, -0.15) is 0 Å². The maximum Gasteiger partial charge on any atom is 0.226 e. The van der Waals surface area contributed by atoms with Crippen molar-refractivity contribution < 1.29 is 0 Å². The molecule has 5 heteroatoms. The first kappa shape index (κ1) is 16.0. The molecule has 0 radical (unpaired) electrons. The number of imidazole rings is 1. The van der Waals surface area contributed by atoms with Crippen LogP contribution >= 0.6 is 0 Å². The van der Waals surface area contributed by atoms with E-state index in [0.717, 1.165) is 54.0 Å². The smallest absolute Gasteiger partial charge is 0.226 e. The molecule has 1 aliphatic heterocycles. The quantitative estimate of drug-likeness (QED) is 0.549. The van der Waals surface area contributed by atoms with Gasteiger partial charge >= 0.3 is 0 Å². The van der Waals surface area contributed by atoms with Crippen molar-refractivity contribution in [1.82, 2.24) is 19.5 Å². The summed E-state index contributed by atoms with van der Waals surface area (Å²) in [7, 11) is 0. The molecule has 0 N–H and O–H groups in total. The lowest BCUT2D eigenvalue weighted by molar-refractivity contribution is 0.393. The highest BCUT2D eigenvalue weighted by molar-refractivity contribution is 5.93. The Morgan fingerprint density at radius 1 is 0.852 bits per heavy atom. The molecule has 134 valence electrons. The van der Waals surface area contributed by atoms with Crippen molar-refractivity contribution >= 4 is 16.9 Å². The number of aromatic nitrogens is 4. The molecule has 2 aromatic heterocycles. The molecule has 2 aromatic carbocycles. The Hall–Kier alpha value is -3.21. The summed E-state index contributed by atoms with van der Waals surface area (Å²) < 4.78 is 2.22. The van der Waals surface area contributed by atoms with E-state index in [4.69, 9.17) is 9.97 Å². The third-order valence-corrected chi connectivity index (χ3v) is 5.33. The number of hydrogen-bond acceptors (Lipinski definition) is 4.